The maximum absolute atomic E-state index is 12.5. The van der Waals surface area contributed by atoms with Gasteiger partial charge in [0.1, 0.15) is 11.2 Å². The zero-order valence-corrected chi connectivity index (χ0v) is 15.2. The molecule has 2 heterocycles. The average Bonchev–Trinajstić information content (AvgIpc) is 3.16. The lowest BCUT2D eigenvalue weighted by molar-refractivity contribution is 0.599. The van der Waals surface area contributed by atoms with Gasteiger partial charge in [-0.2, -0.15) is 10.1 Å². The van der Waals surface area contributed by atoms with Gasteiger partial charge in [0.25, 0.3) is 16.0 Å². The quantitative estimate of drug-likeness (QED) is 0.725. The molecule has 0 saturated heterocycles. The zero-order valence-electron chi connectivity index (χ0n) is 14.3. The molecule has 0 atom stereocenters. The first kappa shape index (κ1) is 17.2. The molecule has 3 rings (SSSR count). The van der Waals surface area contributed by atoms with Gasteiger partial charge in [-0.1, -0.05) is 29.8 Å². The van der Waals surface area contributed by atoms with Gasteiger partial charge in [-0.3, -0.25) is 4.68 Å². The van der Waals surface area contributed by atoms with Crippen molar-refractivity contribution >= 4 is 16.0 Å². The van der Waals surface area contributed by atoms with E-state index in [1.54, 1.807) is 16.3 Å². The summed E-state index contributed by atoms with van der Waals surface area (Å²) >= 11 is 0. The molecule has 0 amide bonds. The van der Waals surface area contributed by atoms with Crippen LogP contribution in [0.15, 0.2) is 41.7 Å². The number of hydrogen-bond donors (Lipinski definition) is 1. The summed E-state index contributed by atoms with van der Waals surface area (Å²) in [5, 5.41) is 8.34. The third-order valence-electron chi connectivity index (χ3n) is 3.74. The monoisotopic (exact) mass is 360 g/mol. The van der Waals surface area contributed by atoms with Crippen LogP contribution < -0.4 is 4.72 Å². The Morgan fingerprint density at radius 3 is 2.44 bits per heavy atom. The number of anilines is 1. The van der Waals surface area contributed by atoms with Crippen molar-refractivity contribution in [1.82, 2.24) is 24.5 Å². The number of nitrogens with zero attached hydrogens (tertiary/aromatic N) is 5. The predicted octanol–water partition coefficient (Wildman–Crippen LogP) is 1.96. The number of sulfonamides is 1. The molecule has 0 bridgehead atoms. The van der Waals surface area contributed by atoms with Crippen molar-refractivity contribution in [3.05, 3.63) is 53.6 Å². The number of aromatic nitrogens is 5. The number of benzene rings is 1. The van der Waals surface area contributed by atoms with Crippen LogP contribution in [0.3, 0.4) is 0 Å². The maximum Gasteiger partial charge on any atom is 0.267 e. The molecule has 9 heteroatoms. The first-order valence-electron chi connectivity index (χ1n) is 7.89. The summed E-state index contributed by atoms with van der Waals surface area (Å²) in [6.07, 6.45) is 3.00. The summed E-state index contributed by atoms with van der Waals surface area (Å²) in [6, 6.07) is 8.04. The summed E-state index contributed by atoms with van der Waals surface area (Å²) in [5.74, 6) is 0.0377. The van der Waals surface area contributed by atoms with Gasteiger partial charge in [0.15, 0.2) is 0 Å². The van der Waals surface area contributed by atoms with E-state index in [0.717, 1.165) is 5.56 Å². The van der Waals surface area contributed by atoms with E-state index in [-0.39, 0.29) is 10.8 Å². The van der Waals surface area contributed by atoms with Crippen molar-refractivity contribution in [2.45, 2.75) is 38.8 Å². The second kappa shape index (κ2) is 6.67. The number of rotatable bonds is 6. The van der Waals surface area contributed by atoms with Crippen LogP contribution in [-0.2, 0) is 23.1 Å². The highest BCUT2D eigenvalue weighted by Gasteiger charge is 2.21. The average molecular weight is 360 g/mol. The highest BCUT2D eigenvalue weighted by atomic mass is 32.2. The Morgan fingerprint density at radius 1 is 1.08 bits per heavy atom. The lowest BCUT2D eigenvalue weighted by Gasteiger charge is -2.03. The van der Waals surface area contributed by atoms with Crippen LogP contribution in [0.2, 0.25) is 0 Å². The molecule has 0 saturated carbocycles. The Bertz CT molecular complexity index is 972. The van der Waals surface area contributed by atoms with Crippen molar-refractivity contribution in [3.63, 3.8) is 0 Å². The third kappa shape index (κ3) is 3.87. The largest absolute Gasteiger partial charge is 0.271 e. The molecule has 0 aliphatic heterocycles. The molecule has 1 aromatic carbocycles. The van der Waals surface area contributed by atoms with Gasteiger partial charge in [-0.05, 0) is 26.3 Å². The molecule has 3 aromatic rings. The van der Waals surface area contributed by atoms with Gasteiger partial charge < -0.3 is 0 Å². The minimum atomic E-state index is -3.77. The Balaban J connectivity index is 1.76. The fraction of sp³-hybridized carbons (Fsp3) is 0.312. The zero-order chi connectivity index (χ0) is 18.0. The van der Waals surface area contributed by atoms with Gasteiger partial charge >= 0.3 is 0 Å². The van der Waals surface area contributed by atoms with E-state index in [2.05, 4.69) is 19.9 Å². The molecular weight excluding hydrogens is 340 g/mol. The first-order valence-corrected chi connectivity index (χ1v) is 9.37. The number of nitrogens with one attached hydrogen (secondary N) is 1. The molecule has 0 aliphatic rings. The molecule has 1 N–H and O–H groups in total. The van der Waals surface area contributed by atoms with E-state index in [1.165, 1.54) is 18.1 Å². The van der Waals surface area contributed by atoms with Gasteiger partial charge in [0, 0.05) is 12.7 Å². The normalized spacial score (nSPS) is 11.6. The highest BCUT2D eigenvalue weighted by molar-refractivity contribution is 7.92. The van der Waals surface area contributed by atoms with Crippen molar-refractivity contribution < 1.29 is 8.42 Å². The summed E-state index contributed by atoms with van der Waals surface area (Å²) < 4.78 is 30.6. The van der Waals surface area contributed by atoms with Crippen molar-refractivity contribution in [1.29, 1.82) is 0 Å². The van der Waals surface area contributed by atoms with E-state index in [0.29, 0.717) is 18.8 Å². The minimum absolute atomic E-state index is 0.0377. The van der Waals surface area contributed by atoms with Crippen molar-refractivity contribution in [2.24, 2.45) is 0 Å². The second-order valence-corrected chi connectivity index (χ2v) is 7.44. The standard InChI is InChI=1S/C16H20N6O2S/c1-4-21-10-15(13(3)18-21)25(23,24)20-16-17-11-22(19-16)9-14-7-5-12(2)6-8-14/h5-8,10-11H,4,9H2,1-3H3,(H,19,20). The van der Waals surface area contributed by atoms with E-state index in [4.69, 9.17) is 0 Å². The highest BCUT2D eigenvalue weighted by Crippen LogP contribution is 2.16. The van der Waals surface area contributed by atoms with Crippen LogP contribution in [0.4, 0.5) is 5.95 Å². The topological polar surface area (TPSA) is 94.7 Å². The maximum atomic E-state index is 12.5. The van der Waals surface area contributed by atoms with Gasteiger partial charge in [0.2, 0.25) is 0 Å². The van der Waals surface area contributed by atoms with Crippen LogP contribution in [0, 0.1) is 13.8 Å². The SMILES string of the molecule is CCn1cc(S(=O)(=O)Nc2ncn(Cc3ccc(C)cc3)n2)c(C)n1. The lowest BCUT2D eigenvalue weighted by atomic mass is 10.1. The molecule has 0 radical (unpaired) electrons. The van der Waals surface area contributed by atoms with Crippen LogP contribution in [0.25, 0.3) is 0 Å². The molecule has 0 unspecified atom stereocenters. The smallest absolute Gasteiger partial charge is 0.267 e. The predicted molar refractivity (Wildman–Crippen MR) is 93.7 cm³/mol. The van der Waals surface area contributed by atoms with E-state index >= 15 is 0 Å². The minimum Gasteiger partial charge on any atom is -0.271 e. The third-order valence-corrected chi connectivity index (χ3v) is 5.17. The number of hydrogen-bond acceptors (Lipinski definition) is 5. The second-order valence-electron chi connectivity index (χ2n) is 5.79. The van der Waals surface area contributed by atoms with Crippen molar-refractivity contribution in [3.8, 4) is 0 Å². The van der Waals surface area contributed by atoms with Crippen molar-refractivity contribution in [2.75, 3.05) is 4.72 Å². The van der Waals surface area contributed by atoms with Gasteiger partial charge in [-0.25, -0.2) is 17.8 Å². The van der Waals surface area contributed by atoms with Crippen LogP contribution in [0.5, 0.6) is 0 Å². The first-order chi connectivity index (χ1) is 11.9. The molecule has 8 nitrogen and oxygen atoms in total. The Labute approximate surface area is 146 Å². The van der Waals surface area contributed by atoms with Crippen LogP contribution in [0.1, 0.15) is 23.7 Å². The number of aryl methyl sites for hydroxylation is 3. The fourth-order valence-electron chi connectivity index (χ4n) is 2.40. The molecule has 25 heavy (non-hydrogen) atoms. The molecule has 2 aromatic heterocycles. The molecule has 132 valence electrons. The van der Waals surface area contributed by atoms with Gasteiger partial charge in [0.05, 0.1) is 12.2 Å². The van der Waals surface area contributed by atoms with E-state index in [9.17, 15) is 8.42 Å². The van der Waals surface area contributed by atoms with E-state index in [1.807, 2.05) is 38.1 Å². The molecular formula is C16H20N6O2S. The summed E-state index contributed by atoms with van der Waals surface area (Å²) in [5.41, 5.74) is 2.68. The van der Waals surface area contributed by atoms with Crippen LogP contribution >= 0.6 is 0 Å². The van der Waals surface area contributed by atoms with E-state index < -0.39 is 10.0 Å². The summed E-state index contributed by atoms with van der Waals surface area (Å²) in [4.78, 5) is 4.16. The molecule has 0 spiro atoms. The van der Waals surface area contributed by atoms with Crippen LogP contribution in [-0.4, -0.2) is 33.0 Å². The Kier molecular flexibility index (Phi) is 4.58. The summed E-state index contributed by atoms with van der Waals surface area (Å²) in [6.45, 7) is 6.69. The Hall–Kier alpha value is -2.68. The Morgan fingerprint density at radius 2 is 1.80 bits per heavy atom. The van der Waals surface area contributed by atoms with Gasteiger partial charge in [-0.15, -0.1) is 5.10 Å². The molecule has 0 fully saturated rings. The lowest BCUT2D eigenvalue weighted by Crippen LogP contribution is -2.15. The summed E-state index contributed by atoms with van der Waals surface area (Å²) in [7, 11) is -3.77. The molecule has 0 aliphatic carbocycles. The fourth-order valence-corrected chi connectivity index (χ4v) is 3.53.